The smallest absolute Gasteiger partial charge is 0.0487 e. The van der Waals surface area contributed by atoms with Crippen molar-refractivity contribution in [2.75, 3.05) is 31.6 Å². The second kappa shape index (κ2) is 14.1. The SMILES string of the molecule is C=C(C1CCCCC1)N(CC)c1cc(-c2ccc(CCCN(C)CCCCC)cc2Cl)ccc1C. The average Bonchev–Trinajstić information content (AvgIpc) is 2.86. The van der Waals surface area contributed by atoms with Crippen LogP contribution in [0.1, 0.15) is 82.8 Å². The summed E-state index contributed by atoms with van der Waals surface area (Å²) in [6.07, 6.45) is 12.7. The van der Waals surface area contributed by atoms with Crippen LogP contribution in [-0.4, -0.2) is 31.6 Å². The number of benzene rings is 2. The Morgan fingerprint density at radius 3 is 2.40 bits per heavy atom. The molecule has 3 rings (SSSR count). The van der Waals surface area contributed by atoms with E-state index in [1.165, 1.54) is 92.4 Å². The molecule has 1 fully saturated rings. The van der Waals surface area contributed by atoms with E-state index in [4.69, 9.17) is 11.6 Å². The molecule has 192 valence electrons. The summed E-state index contributed by atoms with van der Waals surface area (Å²) in [5.41, 5.74) is 7.48. The van der Waals surface area contributed by atoms with Crippen molar-refractivity contribution in [1.29, 1.82) is 0 Å². The predicted octanol–water partition coefficient (Wildman–Crippen LogP) is 9.29. The second-order valence-corrected chi connectivity index (χ2v) is 10.9. The number of anilines is 1. The number of aryl methyl sites for hydroxylation is 2. The van der Waals surface area contributed by atoms with Crippen LogP contribution in [0.4, 0.5) is 5.69 Å². The Hall–Kier alpha value is -1.77. The quantitative estimate of drug-likeness (QED) is 0.256. The highest BCUT2D eigenvalue weighted by Crippen LogP contribution is 2.37. The number of unbranched alkanes of at least 4 members (excludes halogenated alkanes) is 2. The Morgan fingerprint density at radius 1 is 0.971 bits per heavy atom. The molecule has 0 bridgehead atoms. The Balaban J connectivity index is 1.69. The van der Waals surface area contributed by atoms with Crippen molar-refractivity contribution in [3.63, 3.8) is 0 Å². The van der Waals surface area contributed by atoms with E-state index < -0.39 is 0 Å². The second-order valence-electron chi connectivity index (χ2n) is 10.5. The summed E-state index contributed by atoms with van der Waals surface area (Å²) in [7, 11) is 2.24. The van der Waals surface area contributed by atoms with E-state index in [1.807, 2.05) is 0 Å². The lowest BCUT2D eigenvalue weighted by molar-refractivity contribution is 0.321. The highest BCUT2D eigenvalue weighted by Gasteiger charge is 2.22. The lowest BCUT2D eigenvalue weighted by Gasteiger charge is -2.34. The minimum absolute atomic E-state index is 0.611. The minimum Gasteiger partial charge on any atom is -0.345 e. The van der Waals surface area contributed by atoms with Gasteiger partial charge in [0, 0.05) is 28.5 Å². The van der Waals surface area contributed by atoms with Crippen LogP contribution in [0, 0.1) is 12.8 Å². The molecule has 0 unspecified atom stereocenters. The number of halogens is 1. The summed E-state index contributed by atoms with van der Waals surface area (Å²) in [4.78, 5) is 4.90. The molecule has 0 aromatic heterocycles. The van der Waals surface area contributed by atoms with Crippen molar-refractivity contribution in [2.45, 2.75) is 85.0 Å². The molecule has 0 spiro atoms. The van der Waals surface area contributed by atoms with Gasteiger partial charge in [0.1, 0.15) is 0 Å². The van der Waals surface area contributed by atoms with E-state index in [2.05, 4.69) is 80.6 Å². The molecule has 2 nitrogen and oxygen atoms in total. The average molecular weight is 495 g/mol. The van der Waals surface area contributed by atoms with Gasteiger partial charge in [-0.05, 0) is 101 Å². The number of allylic oxidation sites excluding steroid dienone is 1. The molecule has 35 heavy (non-hydrogen) atoms. The van der Waals surface area contributed by atoms with Crippen molar-refractivity contribution in [2.24, 2.45) is 5.92 Å². The van der Waals surface area contributed by atoms with E-state index in [0.29, 0.717) is 5.92 Å². The van der Waals surface area contributed by atoms with Crippen molar-refractivity contribution >= 4 is 17.3 Å². The zero-order chi connectivity index (χ0) is 25.2. The van der Waals surface area contributed by atoms with Gasteiger partial charge in [-0.3, -0.25) is 0 Å². The van der Waals surface area contributed by atoms with Gasteiger partial charge in [-0.2, -0.15) is 0 Å². The number of hydrogen-bond acceptors (Lipinski definition) is 2. The normalized spacial score (nSPS) is 14.5. The van der Waals surface area contributed by atoms with Gasteiger partial charge in [0.2, 0.25) is 0 Å². The first kappa shape index (κ1) is 27.8. The van der Waals surface area contributed by atoms with E-state index in [1.54, 1.807) is 0 Å². The molecule has 1 saturated carbocycles. The van der Waals surface area contributed by atoms with E-state index in [9.17, 15) is 0 Å². The zero-order valence-corrected chi connectivity index (χ0v) is 23.5. The van der Waals surface area contributed by atoms with Crippen molar-refractivity contribution < 1.29 is 0 Å². The Bertz CT molecular complexity index is 945. The Morgan fingerprint density at radius 2 is 1.71 bits per heavy atom. The van der Waals surface area contributed by atoms with Gasteiger partial charge in [0.15, 0.2) is 0 Å². The molecule has 1 aliphatic carbocycles. The van der Waals surface area contributed by atoms with E-state index in [0.717, 1.165) is 30.1 Å². The van der Waals surface area contributed by atoms with Crippen LogP contribution in [0.15, 0.2) is 48.7 Å². The van der Waals surface area contributed by atoms with Crippen molar-refractivity contribution in [3.8, 4) is 11.1 Å². The van der Waals surface area contributed by atoms with Gasteiger partial charge in [0.25, 0.3) is 0 Å². The largest absolute Gasteiger partial charge is 0.345 e. The predicted molar refractivity (Wildman–Crippen MR) is 156 cm³/mol. The molecule has 0 atom stereocenters. The van der Waals surface area contributed by atoms with Gasteiger partial charge in [-0.15, -0.1) is 0 Å². The monoisotopic (exact) mass is 494 g/mol. The third kappa shape index (κ3) is 7.86. The fourth-order valence-electron chi connectivity index (χ4n) is 5.50. The topological polar surface area (TPSA) is 6.48 Å². The van der Waals surface area contributed by atoms with E-state index in [-0.39, 0.29) is 0 Å². The lowest BCUT2D eigenvalue weighted by atomic mass is 9.86. The van der Waals surface area contributed by atoms with Crippen molar-refractivity contribution in [3.05, 3.63) is 64.8 Å². The highest BCUT2D eigenvalue weighted by molar-refractivity contribution is 6.33. The van der Waals surface area contributed by atoms with Crippen LogP contribution in [0.2, 0.25) is 5.02 Å². The third-order valence-electron chi connectivity index (χ3n) is 7.73. The van der Waals surface area contributed by atoms with Crippen molar-refractivity contribution in [1.82, 2.24) is 4.90 Å². The molecule has 3 heteroatoms. The van der Waals surface area contributed by atoms with Crippen LogP contribution in [0.5, 0.6) is 0 Å². The van der Waals surface area contributed by atoms with Gasteiger partial charge in [-0.25, -0.2) is 0 Å². The number of hydrogen-bond donors (Lipinski definition) is 0. The molecule has 0 heterocycles. The number of nitrogens with zero attached hydrogens (tertiary/aromatic N) is 2. The Kier molecular flexibility index (Phi) is 11.2. The van der Waals surface area contributed by atoms with Gasteiger partial charge >= 0.3 is 0 Å². The maximum Gasteiger partial charge on any atom is 0.0487 e. The van der Waals surface area contributed by atoms with Gasteiger partial charge < -0.3 is 9.80 Å². The van der Waals surface area contributed by atoms with Gasteiger partial charge in [0.05, 0.1) is 0 Å². The lowest BCUT2D eigenvalue weighted by Crippen LogP contribution is -2.28. The maximum atomic E-state index is 6.84. The molecule has 1 aliphatic rings. The first-order valence-corrected chi connectivity index (χ1v) is 14.4. The molecule has 2 aromatic rings. The summed E-state index contributed by atoms with van der Waals surface area (Å²) in [6.45, 7) is 14.6. The third-order valence-corrected chi connectivity index (χ3v) is 8.05. The Labute approximate surface area is 220 Å². The van der Waals surface area contributed by atoms with Crippen LogP contribution < -0.4 is 4.90 Å². The van der Waals surface area contributed by atoms with Crippen LogP contribution in [0.25, 0.3) is 11.1 Å². The molecule has 0 amide bonds. The first-order chi connectivity index (χ1) is 16.9. The van der Waals surface area contributed by atoms with Crippen LogP contribution in [0.3, 0.4) is 0 Å². The molecular formula is C32H47ClN2. The fraction of sp³-hybridized carbons (Fsp3) is 0.562. The fourth-order valence-corrected chi connectivity index (χ4v) is 5.81. The van der Waals surface area contributed by atoms with E-state index >= 15 is 0 Å². The molecule has 0 radical (unpaired) electrons. The number of rotatable bonds is 13. The standard InChI is InChI=1S/C32H47ClN2/c1-6-8-12-21-34(5)22-13-14-27-18-20-30(31(33)23-27)29-19-17-25(3)32(24-29)35(7-2)26(4)28-15-10-9-11-16-28/h17-20,23-24,28H,4,6-16,21-22H2,1-3,5H3. The van der Waals surface area contributed by atoms with Crippen LogP contribution in [-0.2, 0) is 6.42 Å². The molecule has 0 N–H and O–H groups in total. The van der Waals surface area contributed by atoms with Gasteiger partial charge in [-0.1, -0.05) is 81.5 Å². The van der Waals surface area contributed by atoms with Crippen LogP contribution >= 0.6 is 11.6 Å². The zero-order valence-electron chi connectivity index (χ0n) is 22.7. The summed E-state index contributed by atoms with van der Waals surface area (Å²) in [5.74, 6) is 0.611. The summed E-state index contributed by atoms with van der Waals surface area (Å²) in [6, 6.07) is 13.4. The maximum absolute atomic E-state index is 6.84. The molecular weight excluding hydrogens is 448 g/mol. The highest BCUT2D eigenvalue weighted by atomic mass is 35.5. The summed E-state index contributed by atoms with van der Waals surface area (Å²) < 4.78 is 0. The minimum atomic E-state index is 0.611. The first-order valence-electron chi connectivity index (χ1n) is 14.0. The molecule has 2 aromatic carbocycles. The molecule has 0 saturated heterocycles. The molecule has 0 aliphatic heterocycles. The summed E-state index contributed by atoms with van der Waals surface area (Å²) >= 11 is 6.84. The summed E-state index contributed by atoms with van der Waals surface area (Å²) in [5, 5.41) is 0.850.